The SMILES string of the molecule is ClCc1c(Cl)cc(I)cc1Br. The molecule has 0 unspecified atom stereocenters. The van der Waals surface area contributed by atoms with Crippen molar-refractivity contribution in [1.29, 1.82) is 0 Å². The highest BCUT2D eigenvalue weighted by atomic mass is 127. The summed E-state index contributed by atoms with van der Waals surface area (Å²) >= 11 is 17.2. The fourth-order valence-corrected chi connectivity index (χ4v) is 3.45. The molecule has 0 atom stereocenters. The van der Waals surface area contributed by atoms with Crippen molar-refractivity contribution in [1.82, 2.24) is 0 Å². The number of rotatable bonds is 1. The van der Waals surface area contributed by atoms with Crippen LogP contribution in [0.3, 0.4) is 0 Å². The normalized spacial score (nSPS) is 10.2. The second-order valence-corrected chi connectivity index (χ2v) is 4.76. The van der Waals surface area contributed by atoms with E-state index in [1.807, 2.05) is 12.1 Å². The molecule has 0 fully saturated rings. The predicted octanol–water partition coefficient (Wildman–Crippen LogP) is 4.45. The average Bonchev–Trinajstić information content (AvgIpc) is 1.85. The fourth-order valence-electron chi connectivity index (χ4n) is 0.700. The Morgan fingerprint density at radius 2 is 2.09 bits per heavy atom. The largest absolute Gasteiger partial charge is 0.121 e. The van der Waals surface area contributed by atoms with E-state index >= 15 is 0 Å². The van der Waals surface area contributed by atoms with Gasteiger partial charge >= 0.3 is 0 Å². The highest BCUT2D eigenvalue weighted by Crippen LogP contribution is 2.28. The van der Waals surface area contributed by atoms with Gasteiger partial charge < -0.3 is 0 Å². The summed E-state index contributed by atoms with van der Waals surface area (Å²) in [4.78, 5) is 0. The predicted molar refractivity (Wildman–Crippen MR) is 61.4 cm³/mol. The summed E-state index contributed by atoms with van der Waals surface area (Å²) < 4.78 is 2.08. The van der Waals surface area contributed by atoms with Gasteiger partial charge in [-0.3, -0.25) is 0 Å². The van der Waals surface area contributed by atoms with Crippen LogP contribution in [0, 0.1) is 3.57 Å². The lowest BCUT2D eigenvalue weighted by Gasteiger charge is -2.03. The first kappa shape index (κ1) is 10.1. The molecule has 0 radical (unpaired) electrons. The molecule has 0 saturated carbocycles. The van der Waals surface area contributed by atoms with Crippen molar-refractivity contribution in [2.45, 2.75) is 5.88 Å². The lowest BCUT2D eigenvalue weighted by atomic mass is 10.2. The van der Waals surface area contributed by atoms with E-state index in [9.17, 15) is 0 Å². The van der Waals surface area contributed by atoms with Crippen LogP contribution in [-0.4, -0.2) is 0 Å². The molecule has 1 aromatic carbocycles. The third-order valence-electron chi connectivity index (χ3n) is 1.24. The van der Waals surface area contributed by atoms with Crippen LogP contribution in [0.1, 0.15) is 5.56 Å². The van der Waals surface area contributed by atoms with Gasteiger partial charge in [-0.25, -0.2) is 0 Å². The van der Waals surface area contributed by atoms with Crippen LogP contribution in [-0.2, 0) is 5.88 Å². The Morgan fingerprint density at radius 1 is 1.45 bits per heavy atom. The highest BCUT2D eigenvalue weighted by molar-refractivity contribution is 14.1. The monoisotopic (exact) mass is 364 g/mol. The molecule has 0 bridgehead atoms. The standard InChI is InChI=1S/C7H4BrCl2I/c8-6-1-4(11)2-7(10)5(6)3-9/h1-2H,3H2. The van der Waals surface area contributed by atoms with E-state index in [-0.39, 0.29) is 0 Å². The molecule has 0 aromatic heterocycles. The van der Waals surface area contributed by atoms with Crippen molar-refractivity contribution >= 4 is 61.7 Å². The van der Waals surface area contributed by atoms with Crippen molar-refractivity contribution < 1.29 is 0 Å². The summed E-state index contributed by atoms with van der Waals surface area (Å²) in [6.45, 7) is 0. The number of hydrogen-bond acceptors (Lipinski definition) is 0. The van der Waals surface area contributed by atoms with Crippen molar-refractivity contribution in [2.24, 2.45) is 0 Å². The van der Waals surface area contributed by atoms with Crippen LogP contribution in [0.4, 0.5) is 0 Å². The first-order valence-electron chi connectivity index (χ1n) is 2.84. The Balaban J connectivity index is 3.25. The van der Waals surface area contributed by atoms with Gasteiger partial charge in [0.15, 0.2) is 0 Å². The van der Waals surface area contributed by atoms with E-state index in [4.69, 9.17) is 23.2 Å². The molecule has 0 nitrogen and oxygen atoms in total. The molecule has 0 spiro atoms. The van der Waals surface area contributed by atoms with Crippen LogP contribution < -0.4 is 0 Å². The van der Waals surface area contributed by atoms with Gasteiger partial charge in [0, 0.05) is 18.9 Å². The minimum atomic E-state index is 0.441. The number of hydrogen-bond donors (Lipinski definition) is 0. The van der Waals surface area contributed by atoms with E-state index in [0.717, 1.165) is 18.6 Å². The summed E-state index contributed by atoms with van der Waals surface area (Å²) in [5.74, 6) is 0.441. The van der Waals surface area contributed by atoms with E-state index in [1.54, 1.807) is 0 Å². The molecular formula is C7H4BrCl2I. The minimum absolute atomic E-state index is 0.441. The van der Waals surface area contributed by atoms with Gasteiger partial charge in [0.1, 0.15) is 0 Å². The zero-order chi connectivity index (χ0) is 8.43. The number of halogens is 4. The summed E-state index contributed by atoms with van der Waals surface area (Å²) in [5.41, 5.74) is 0.953. The van der Waals surface area contributed by atoms with Crippen molar-refractivity contribution in [3.63, 3.8) is 0 Å². The second-order valence-electron chi connectivity index (χ2n) is 1.98. The lowest BCUT2D eigenvalue weighted by molar-refractivity contribution is 1.36. The Kier molecular flexibility index (Phi) is 3.95. The van der Waals surface area contributed by atoms with Gasteiger partial charge in [-0.15, -0.1) is 11.6 Å². The smallest absolute Gasteiger partial charge is 0.0500 e. The van der Waals surface area contributed by atoms with Crippen molar-refractivity contribution in [3.05, 3.63) is 30.8 Å². The molecule has 0 heterocycles. The van der Waals surface area contributed by atoms with Gasteiger partial charge in [-0.05, 0) is 40.3 Å². The lowest BCUT2D eigenvalue weighted by Crippen LogP contribution is -1.84. The maximum atomic E-state index is 5.92. The molecule has 1 aromatic rings. The van der Waals surface area contributed by atoms with Crippen molar-refractivity contribution in [3.8, 4) is 0 Å². The molecule has 11 heavy (non-hydrogen) atoms. The third kappa shape index (κ3) is 2.47. The fraction of sp³-hybridized carbons (Fsp3) is 0.143. The molecular weight excluding hydrogens is 362 g/mol. The van der Waals surface area contributed by atoms with Crippen LogP contribution in [0.2, 0.25) is 5.02 Å². The van der Waals surface area contributed by atoms with Gasteiger partial charge in [0.2, 0.25) is 0 Å². The summed E-state index contributed by atoms with van der Waals surface area (Å²) in [5, 5.41) is 0.721. The summed E-state index contributed by atoms with van der Waals surface area (Å²) in [6.07, 6.45) is 0. The first-order valence-corrected chi connectivity index (χ1v) is 5.63. The van der Waals surface area contributed by atoms with Crippen molar-refractivity contribution in [2.75, 3.05) is 0 Å². The maximum Gasteiger partial charge on any atom is 0.0500 e. The van der Waals surface area contributed by atoms with E-state index in [1.165, 1.54) is 0 Å². The van der Waals surface area contributed by atoms with Gasteiger partial charge in [-0.1, -0.05) is 27.5 Å². The number of alkyl halides is 1. The quantitative estimate of drug-likeness (QED) is 0.509. The van der Waals surface area contributed by atoms with E-state index in [0.29, 0.717) is 5.88 Å². The van der Waals surface area contributed by atoms with Crippen LogP contribution >= 0.6 is 61.7 Å². The topological polar surface area (TPSA) is 0 Å². The van der Waals surface area contributed by atoms with Gasteiger partial charge in [0.25, 0.3) is 0 Å². The molecule has 0 aliphatic rings. The zero-order valence-electron chi connectivity index (χ0n) is 5.37. The Hall–Kier alpha value is 1.01. The molecule has 1 rings (SSSR count). The molecule has 4 heteroatoms. The van der Waals surface area contributed by atoms with Gasteiger partial charge in [-0.2, -0.15) is 0 Å². The molecule has 0 aliphatic carbocycles. The maximum absolute atomic E-state index is 5.92. The molecule has 60 valence electrons. The van der Waals surface area contributed by atoms with Crippen LogP contribution in [0.5, 0.6) is 0 Å². The minimum Gasteiger partial charge on any atom is -0.121 e. The molecule has 0 saturated heterocycles. The third-order valence-corrected chi connectivity index (χ3v) is 3.17. The molecule has 0 amide bonds. The van der Waals surface area contributed by atoms with E-state index in [2.05, 4.69) is 38.5 Å². The van der Waals surface area contributed by atoms with Gasteiger partial charge in [0.05, 0.1) is 0 Å². The van der Waals surface area contributed by atoms with E-state index < -0.39 is 0 Å². The Bertz CT molecular complexity index is 252. The summed E-state index contributed by atoms with van der Waals surface area (Å²) in [7, 11) is 0. The Morgan fingerprint density at radius 3 is 2.55 bits per heavy atom. The van der Waals surface area contributed by atoms with Crippen LogP contribution in [0.15, 0.2) is 16.6 Å². The summed E-state index contributed by atoms with van der Waals surface area (Å²) in [6, 6.07) is 3.88. The highest BCUT2D eigenvalue weighted by Gasteiger charge is 2.04. The molecule has 0 N–H and O–H groups in total. The molecule has 0 aliphatic heterocycles. The number of benzene rings is 1. The zero-order valence-corrected chi connectivity index (χ0v) is 10.6. The van der Waals surface area contributed by atoms with Crippen LogP contribution in [0.25, 0.3) is 0 Å². The first-order chi connectivity index (χ1) is 5.15. The second kappa shape index (κ2) is 4.30. The average molecular weight is 366 g/mol. The Labute approximate surface area is 97.5 Å².